The summed E-state index contributed by atoms with van der Waals surface area (Å²) in [4.78, 5) is 5.57. The van der Waals surface area contributed by atoms with Gasteiger partial charge in [0.15, 0.2) is 14.3 Å². The summed E-state index contributed by atoms with van der Waals surface area (Å²) in [5, 5.41) is 0. The molecule has 0 aliphatic carbocycles. The van der Waals surface area contributed by atoms with E-state index in [1.54, 1.807) is 4.26 Å². The fourth-order valence-electron chi connectivity index (χ4n) is 0.936. The van der Waals surface area contributed by atoms with Crippen LogP contribution in [0.2, 0.25) is 0 Å². The molecule has 1 aromatic heterocycles. The minimum Gasteiger partial charge on any atom is -0.366 e. The van der Waals surface area contributed by atoms with Gasteiger partial charge >= 0.3 is 0 Å². The quantitative estimate of drug-likeness (QED) is 0.583. The topological polar surface area (TPSA) is 80.9 Å². The highest BCUT2D eigenvalue weighted by molar-refractivity contribution is 7.44. The molecule has 2 aromatic rings. The van der Waals surface area contributed by atoms with Crippen LogP contribution in [0.3, 0.4) is 0 Å². The number of aromatic nitrogens is 3. The van der Waals surface area contributed by atoms with Crippen molar-refractivity contribution in [1.82, 2.24) is 13.3 Å². The second-order valence-corrected chi connectivity index (χ2v) is 6.14. The summed E-state index contributed by atoms with van der Waals surface area (Å²) in [6.07, 6.45) is 0. The summed E-state index contributed by atoms with van der Waals surface area (Å²) in [5.41, 5.74) is 3.41. The van der Waals surface area contributed by atoms with Gasteiger partial charge in [-0.05, 0) is 24.3 Å². The van der Waals surface area contributed by atoms with E-state index in [9.17, 15) is 0 Å². The maximum atomic E-state index is 5.57. The van der Waals surface area contributed by atoms with Crippen LogP contribution in [-0.2, 0) is 0 Å². The van der Waals surface area contributed by atoms with E-state index >= 15 is 0 Å². The number of aromatic amines is 1. The molecule has 0 bridgehead atoms. The SMILES string of the molecule is NNc1ccc(On2pn[pH][nH][pH]2)cc1. The Bertz CT molecular complexity index is 425. The lowest BCUT2D eigenvalue weighted by atomic mass is 10.3. The predicted octanol–water partition coefficient (Wildman–Crippen LogP) is 2.11. The lowest BCUT2D eigenvalue weighted by Gasteiger charge is -2.06. The van der Waals surface area contributed by atoms with E-state index < -0.39 is 0 Å². The number of hydrogen-bond donors (Lipinski definition) is 3. The third kappa shape index (κ3) is 3.01. The Morgan fingerprint density at radius 1 is 1.47 bits per heavy atom. The molecule has 0 saturated carbocycles. The van der Waals surface area contributed by atoms with E-state index in [1.807, 2.05) is 24.3 Å². The van der Waals surface area contributed by atoms with Gasteiger partial charge in [0.05, 0.1) is 8.51 Å². The molecule has 4 N–H and O–H groups in total. The predicted molar refractivity (Wildman–Crippen MR) is 66.0 cm³/mol. The van der Waals surface area contributed by atoms with E-state index in [0.29, 0.717) is 17.0 Å². The van der Waals surface area contributed by atoms with Crippen molar-refractivity contribution in [3.63, 3.8) is 0 Å². The van der Waals surface area contributed by atoms with Crippen molar-refractivity contribution in [3.8, 4) is 5.75 Å². The van der Waals surface area contributed by atoms with Gasteiger partial charge in [-0.3, -0.25) is 5.84 Å². The van der Waals surface area contributed by atoms with E-state index in [4.69, 9.17) is 10.7 Å². The van der Waals surface area contributed by atoms with Gasteiger partial charge in [-0.15, -0.1) is 4.26 Å². The monoisotopic (exact) mass is 261 g/mol. The molecule has 0 aliphatic rings. The average molecular weight is 261 g/mol. The number of hydrazine groups is 1. The molecule has 15 heavy (non-hydrogen) atoms. The molecule has 6 nitrogen and oxygen atoms in total. The molecule has 0 radical (unpaired) electrons. The molecule has 2 atom stereocenters. The normalized spacial score (nSPS) is 11.3. The molecule has 0 aliphatic heterocycles. The van der Waals surface area contributed by atoms with Crippen LogP contribution in [0.5, 0.6) is 5.75 Å². The molecule has 0 fully saturated rings. The molecule has 1 aromatic carbocycles. The van der Waals surface area contributed by atoms with Gasteiger partial charge < -0.3 is 14.8 Å². The first-order valence-electron chi connectivity index (χ1n) is 4.09. The van der Waals surface area contributed by atoms with E-state index in [-0.39, 0.29) is 0 Å². The number of benzene rings is 1. The van der Waals surface area contributed by atoms with Gasteiger partial charge in [-0.2, -0.15) is 4.51 Å². The number of rotatable bonds is 3. The molecule has 9 heteroatoms. The van der Waals surface area contributed by atoms with Crippen molar-refractivity contribution >= 4 is 31.2 Å². The molecular formula is C6H10N5OP3. The van der Waals surface area contributed by atoms with E-state index in [0.717, 1.165) is 19.9 Å². The molecule has 1 heterocycles. The maximum Gasteiger partial charge on any atom is 0.182 e. The zero-order valence-corrected chi connectivity index (χ0v) is 10.5. The lowest BCUT2D eigenvalue weighted by Crippen LogP contribution is -2.06. The van der Waals surface area contributed by atoms with Crippen LogP contribution in [0.25, 0.3) is 0 Å². The van der Waals surface area contributed by atoms with E-state index in [2.05, 4.69) is 14.4 Å². The first-order chi connectivity index (χ1) is 7.38. The summed E-state index contributed by atoms with van der Waals surface area (Å²) in [6, 6.07) is 7.41. The standard InChI is InChI=1S/C6H10N5OP3/c7-8-5-1-3-6(4-2-5)12-11-14-9-13-10-15-11/h1-4,8-9,13-14H,7H2. The number of nitrogens with zero attached hydrogens (tertiary/aromatic N) is 2. The highest BCUT2D eigenvalue weighted by atomic mass is 31.1. The molecule has 2 unspecified atom stereocenters. The van der Waals surface area contributed by atoms with Gasteiger partial charge in [0.25, 0.3) is 0 Å². The van der Waals surface area contributed by atoms with Crippen molar-refractivity contribution in [2.24, 2.45) is 5.84 Å². The van der Waals surface area contributed by atoms with Crippen molar-refractivity contribution in [2.45, 2.75) is 0 Å². The third-order valence-electron chi connectivity index (χ3n) is 1.60. The zero-order valence-electron chi connectivity index (χ0n) is 7.64. The Morgan fingerprint density at radius 2 is 2.27 bits per heavy atom. The summed E-state index contributed by atoms with van der Waals surface area (Å²) >= 11 is 0. The van der Waals surface area contributed by atoms with Crippen LogP contribution in [-0.4, -0.2) is 13.3 Å². The zero-order chi connectivity index (χ0) is 10.5. The number of H-pyrrole nitrogens is 1. The highest BCUT2D eigenvalue weighted by Gasteiger charge is 1.95. The minimum absolute atomic E-state index is 0.443. The summed E-state index contributed by atoms with van der Waals surface area (Å²) in [7, 11) is 1.77. The Hall–Kier alpha value is -0.920. The molecule has 0 spiro atoms. The van der Waals surface area contributed by atoms with Crippen LogP contribution in [0.1, 0.15) is 0 Å². The average Bonchev–Trinajstić information content (AvgIpc) is 2.31. The lowest BCUT2D eigenvalue weighted by molar-refractivity contribution is 0.277. The smallest absolute Gasteiger partial charge is 0.182 e. The summed E-state index contributed by atoms with van der Waals surface area (Å²) in [5.74, 6) is 6.03. The minimum atomic E-state index is 0.443. The van der Waals surface area contributed by atoms with Crippen molar-refractivity contribution in [3.05, 3.63) is 24.3 Å². The summed E-state index contributed by atoms with van der Waals surface area (Å²) < 4.78 is 9.03. The molecule has 0 saturated heterocycles. The first kappa shape index (κ1) is 10.6. The molecule has 2 rings (SSSR count). The maximum absolute atomic E-state index is 5.57. The van der Waals surface area contributed by atoms with Gasteiger partial charge in [0.2, 0.25) is 0 Å². The molecule has 80 valence electrons. The van der Waals surface area contributed by atoms with Crippen LogP contribution in [0.15, 0.2) is 24.3 Å². The molecule has 0 amide bonds. The van der Waals surface area contributed by atoms with Gasteiger partial charge in [0, 0.05) is 14.2 Å². The Morgan fingerprint density at radius 3 is 2.87 bits per heavy atom. The van der Waals surface area contributed by atoms with Crippen LogP contribution >= 0.6 is 25.5 Å². The number of hydrogen-bond acceptors (Lipinski definition) is 4. The number of nitrogens with one attached hydrogen (secondary N) is 2. The largest absolute Gasteiger partial charge is 0.366 e. The van der Waals surface area contributed by atoms with Crippen LogP contribution < -0.4 is 16.1 Å². The second-order valence-electron chi connectivity index (χ2n) is 2.57. The number of nitrogens with two attached hydrogens (primary N) is 1. The number of nitrogen functional groups attached to an aromatic ring is 1. The first-order valence-corrected chi connectivity index (χ1v) is 6.79. The highest BCUT2D eigenvalue weighted by Crippen LogP contribution is 2.19. The Balaban J connectivity index is 2.11. The van der Waals surface area contributed by atoms with Crippen LogP contribution in [0, 0.1) is 0 Å². The fraction of sp³-hybridized carbons (Fsp3) is 0. The molecular weight excluding hydrogens is 251 g/mol. The van der Waals surface area contributed by atoms with Gasteiger partial charge in [-0.1, -0.05) is 0 Å². The van der Waals surface area contributed by atoms with Gasteiger partial charge in [-0.25, -0.2) is 0 Å². The third-order valence-corrected chi connectivity index (χ3v) is 4.34. The van der Waals surface area contributed by atoms with Crippen molar-refractivity contribution < 1.29 is 4.84 Å². The second kappa shape index (κ2) is 5.24. The van der Waals surface area contributed by atoms with Crippen molar-refractivity contribution in [2.75, 3.05) is 5.43 Å². The Kier molecular flexibility index (Phi) is 3.70. The van der Waals surface area contributed by atoms with Gasteiger partial charge in [0.1, 0.15) is 0 Å². The number of anilines is 1. The van der Waals surface area contributed by atoms with E-state index in [1.165, 1.54) is 0 Å². The summed E-state index contributed by atoms with van der Waals surface area (Å²) in [6.45, 7) is 0. The van der Waals surface area contributed by atoms with Crippen molar-refractivity contribution in [1.29, 1.82) is 0 Å². The fourth-order valence-corrected chi connectivity index (χ4v) is 3.99. The van der Waals surface area contributed by atoms with Crippen LogP contribution in [0.4, 0.5) is 5.69 Å². The Labute approximate surface area is 91.1 Å².